The van der Waals surface area contributed by atoms with Gasteiger partial charge in [0.25, 0.3) is 0 Å². The zero-order chi connectivity index (χ0) is 14.9. The molecular formula is C17H22N2O2. The van der Waals surface area contributed by atoms with E-state index in [1.54, 1.807) is 24.3 Å². The number of phenolic OH excluding ortho intramolecular Hbond substituents is 2. The number of phenols is 2. The zero-order valence-electron chi connectivity index (χ0n) is 12.0. The zero-order valence-corrected chi connectivity index (χ0v) is 12.0. The molecule has 0 aliphatic heterocycles. The molecule has 0 radical (unpaired) electrons. The molecule has 0 amide bonds. The molecule has 21 heavy (non-hydrogen) atoms. The van der Waals surface area contributed by atoms with E-state index in [2.05, 4.69) is 10.6 Å². The number of benzene rings is 2. The van der Waals surface area contributed by atoms with E-state index >= 15 is 0 Å². The summed E-state index contributed by atoms with van der Waals surface area (Å²) in [6, 6.07) is 14.5. The molecule has 2 aromatic carbocycles. The second kappa shape index (κ2) is 8.29. The van der Waals surface area contributed by atoms with Gasteiger partial charge in [0.15, 0.2) is 0 Å². The third-order valence-corrected chi connectivity index (χ3v) is 3.24. The summed E-state index contributed by atoms with van der Waals surface area (Å²) in [7, 11) is 0. The lowest BCUT2D eigenvalue weighted by molar-refractivity contribution is 0.474. The predicted octanol–water partition coefficient (Wildman–Crippen LogP) is 2.37. The first-order chi connectivity index (χ1) is 10.2. The Bertz CT molecular complexity index is 474. The minimum Gasteiger partial charge on any atom is -0.508 e. The topological polar surface area (TPSA) is 64.5 Å². The largest absolute Gasteiger partial charge is 0.508 e. The van der Waals surface area contributed by atoms with E-state index in [0.29, 0.717) is 11.5 Å². The maximum atomic E-state index is 9.19. The molecule has 0 unspecified atom stereocenters. The molecule has 4 nitrogen and oxygen atoms in total. The van der Waals surface area contributed by atoms with Crippen LogP contribution in [0, 0.1) is 0 Å². The van der Waals surface area contributed by atoms with Crippen LogP contribution in [0.1, 0.15) is 17.5 Å². The van der Waals surface area contributed by atoms with Gasteiger partial charge in [-0.15, -0.1) is 0 Å². The van der Waals surface area contributed by atoms with Crippen molar-refractivity contribution in [2.75, 3.05) is 13.1 Å². The predicted molar refractivity (Wildman–Crippen MR) is 84.2 cm³/mol. The lowest BCUT2D eigenvalue weighted by Crippen LogP contribution is -2.21. The summed E-state index contributed by atoms with van der Waals surface area (Å²) in [5.41, 5.74) is 2.34. The van der Waals surface area contributed by atoms with Gasteiger partial charge in [-0.25, -0.2) is 0 Å². The van der Waals surface area contributed by atoms with Crippen molar-refractivity contribution in [3.63, 3.8) is 0 Å². The molecule has 0 bridgehead atoms. The van der Waals surface area contributed by atoms with Gasteiger partial charge in [0.1, 0.15) is 11.5 Å². The molecular weight excluding hydrogens is 264 g/mol. The van der Waals surface area contributed by atoms with E-state index in [0.717, 1.165) is 32.6 Å². The van der Waals surface area contributed by atoms with Crippen molar-refractivity contribution >= 4 is 0 Å². The monoisotopic (exact) mass is 286 g/mol. The SMILES string of the molecule is Oc1ccc(CNCCCNCc2ccc(O)cc2)cc1. The number of hydrogen-bond acceptors (Lipinski definition) is 4. The maximum Gasteiger partial charge on any atom is 0.115 e. The average Bonchev–Trinajstić information content (AvgIpc) is 2.50. The van der Waals surface area contributed by atoms with Crippen LogP contribution in [0.4, 0.5) is 0 Å². The average molecular weight is 286 g/mol. The molecule has 4 heteroatoms. The normalized spacial score (nSPS) is 10.7. The van der Waals surface area contributed by atoms with Crippen LogP contribution in [-0.4, -0.2) is 23.3 Å². The minimum absolute atomic E-state index is 0.303. The van der Waals surface area contributed by atoms with Crippen LogP contribution in [0.2, 0.25) is 0 Å². The number of aromatic hydroxyl groups is 2. The van der Waals surface area contributed by atoms with Crippen LogP contribution in [0.5, 0.6) is 11.5 Å². The lowest BCUT2D eigenvalue weighted by atomic mass is 10.2. The quantitative estimate of drug-likeness (QED) is 0.563. The highest BCUT2D eigenvalue weighted by atomic mass is 16.3. The van der Waals surface area contributed by atoms with Crippen LogP contribution in [0.25, 0.3) is 0 Å². The molecule has 2 aromatic rings. The van der Waals surface area contributed by atoms with Crippen molar-refractivity contribution in [1.29, 1.82) is 0 Å². The van der Waals surface area contributed by atoms with Crippen molar-refractivity contribution in [3.05, 3.63) is 59.7 Å². The molecule has 0 fully saturated rings. The highest BCUT2D eigenvalue weighted by Crippen LogP contribution is 2.09. The Labute approximate surface area is 125 Å². The summed E-state index contributed by atoms with van der Waals surface area (Å²) in [5.74, 6) is 0.606. The summed E-state index contributed by atoms with van der Waals surface area (Å²) < 4.78 is 0. The number of nitrogens with one attached hydrogen (secondary N) is 2. The third kappa shape index (κ3) is 5.85. The Hall–Kier alpha value is -2.04. The second-order valence-electron chi connectivity index (χ2n) is 5.04. The van der Waals surface area contributed by atoms with E-state index in [9.17, 15) is 10.2 Å². The van der Waals surface area contributed by atoms with Crippen LogP contribution in [0.15, 0.2) is 48.5 Å². The number of rotatable bonds is 8. The summed E-state index contributed by atoms with van der Waals surface area (Å²) in [6.45, 7) is 3.53. The summed E-state index contributed by atoms with van der Waals surface area (Å²) in [5, 5.41) is 25.1. The fraction of sp³-hybridized carbons (Fsp3) is 0.294. The molecule has 0 heterocycles. The maximum absolute atomic E-state index is 9.19. The van der Waals surface area contributed by atoms with Crippen molar-refractivity contribution in [2.24, 2.45) is 0 Å². The Morgan fingerprint density at radius 1 is 0.619 bits per heavy atom. The smallest absolute Gasteiger partial charge is 0.115 e. The van der Waals surface area contributed by atoms with Gasteiger partial charge >= 0.3 is 0 Å². The Morgan fingerprint density at radius 2 is 1.00 bits per heavy atom. The first-order valence-corrected chi connectivity index (χ1v) is 7.21. The summed E-state index contributed by atoms with van der Waals surface area (Å²) >= 11 is 0. The minimum atomic E-state index is 0.303. The van der Waals surface area contributed by atoms with Crippen molar-refractivity contribution < 1.29 is 10.2 Å². The second-order valence-corrected chi connectivity index (χ2v) is 5.04. The molecule has 0 saturated carbocycles. The van der Waals surface area contributed by atoms with Gasteiger partial charge in [0.2, 0.25) is 0 Å². The van der Waals surface area contributed by atoms with Crippen molar-refractivity contribution in [1.82, 2.24) is 10.6 Å². The van der Waals surface area contributed by atoms with E-state index in [4.69, 9.17) is 0 Å². The van der Waals surface area contributed by atoms with Gasteiger partial charge in [-0.1, -0.05) is 24.3 Å². The van der Waals surface area contributed by atoms with Gasteiger partial charge in [-0.05, 0) is 54.9 Å². The lowest BCUT2D eigenvalue weighted by Gasteiger charge is -2.07. The molecule has 4 N–H and O–H groups in total. The van der Waals surface area contributed by atoms with Crippen LogP contribution in [0.3, 0.4) is 0 Å². The fourth-order valence-corrected chi connectivity index (χ4v) is 2.03. The van der Waals surface area contributed by atoms with Crippen LogP contribution >= 0.6 is 0 Å². The Balaban J connectivity index is 1.52. The highest BCUT2D eigenvalue weighted by Gasteiger charge is 1.95. The van der Waals surface area contributed by atoms with Crippen LogP contribution < -0.4 is 10.6 Å². The van der Waals surface area contributed by atoms with E-state index in [1.807, 2.05) is 24.3 Å². The third-order valence-electron chi connectivity index (χ3n) is 3.24. The van der Waals surface area contributed by atoms with E-state index < -0.39 is 0 Å². The van der Waals surface area contributed by atoms with Gasteiger partial charge in [0.05, 0.1) is 0 Å². The summed E-state index contributed by atoms with van der Waals surface area (Å²) in [4.78, 5) is 0. The van der Waals surface area contributed by atoms with Gasteiger partial charge in [0, 0.05) is 13.1 Å². The van der Waals surface area contributed by atoms with Gasteiger partial charge in [-0.2, -0.15) is 0 Å². The molecule has 0 aliphatic rings. The van der Waals surface area contributed by atoms with Crippen LogP contribution in [-0.2, 0) is 13.1 Å². The molecule has 2 rings (SSSR count). The van der Waals surface area contributed by atoms with Gasteiger partial charge < -0.3 is 20.8 Å². The van der Waals surface area contributed by atoms with Gasteiger partial charge in [-0.3, -0.25) is 0 Å². The molecule has 0 saturated heterocycles. The first-order valence-electron chi connectivity index (χ1n) is 7.21. The Morgan fingerprint density at radius 3 is 1.38 bits per heavy atom. The Kier molecular flexibility index (Phi) is 6.06. The first kappa shape index (κ1) is 15.4. The van der Waals surface area contributed by atoms with E-state index in [1.165, 1.54) is 11.1 Å². The summed E-state index contributed by atoms with van der Waals surface area (Å²) in [6.07, 6.45) is 1.05. The van der Waals surface area contributed by atoms with E-state index in [-0.39, 0.29) is 0 Å². The highest BCUT2D eigenvalue weighted by molar-refractivity contribution is 5.26. The molecule has 0 aliphatic carbocycles. The molecule has 0 atom stereocenters. The van der Waals surface area contributed by atoms with Crippen molar-refractivity contribution in [2.45, 2.75) is 19.5 Å². The van der Waals surface area contributed by atoms with Crippen molar-refractivity contribution in [3.8, 4) is 11.5 Å². The molecule has 0 aromatic heterocycles. The molecule has 0 spiro atoms. The number of hydrogen-bond donors (Lipinski definition) is 4. The molecule has 112 valence electrons. The standard InChI is InChI=1S/C17H22N2O2/c20-16-6-2-14(3-7-16)12-18-10-1-11-19-13-15-4-8-17(21)9-5-15/h2-9,18-21H,1,10-13H2. The fourth-order valence-electron chi connectivity index (χ4n) is 2.03.